The minimum absolute atomic E-state index is 0.728. The molecule has 2 atom stereocenters. The molecule has 2 nitrogen and oxygen atoms in total. The Morgan fingerprint density at radius 1 is 1.10 bits per heavy atom. The molecule has 1 saturated heterocycles. The predicted molar refractivity (Wildman–Crippen MR) is 91.6 cm³/mol. The highest BCUT2D eigenvalue weighted by molar-refractivity contribution is 5.23. The summed E-state index contributed by atoms with van der Waals surface area (Å²) in [7, 11) is 0. The van der Waals surface area contributed by atoms with Gasteiger partial charge in [-0.15, -0.1) is 0 Å². The number of nitrogens with zero attached hydrogens (tertiary/aromatic N) is 1. The van der Waals surface area contributed by atoms with E-state index in [1.54, 1.807) is 0 Å². The molecule has 1 aliphatic rings. The van der Waals surface area contributed by atoms with E-state index in [-0.39, 0.29) is 0 Å². The summed E-state index contributed by atoms with van der Waals surface area (Å²) >= 11 is 0. The zero-order valence-corrected chi connectivity index (χ0v) is 14.1. The Labute approximate surface area is 130 Å². The fraction of sp³-hybridized carbons (Fsp3) is 0.684. The van der Waals surface area contributed by atoms with Crippen LogP contribution in [0, 0.1) is 5.92 Å². The minimum atomic E-state index is 0.728. The van der Waals surface area contributed by atoms with Gasteiger partial charge in [-0.1, -0.05) is 38.1 Å². The van der Waals surface area contributed by atoms with Gasteiger partial charge in [0.15, 0.2) is 0 Å². The standard InChI is InChI=1S/C19H32N2/c1-4-11-20-12-9-18-5-7-19(8-6-18)15-21-13-10-16(2)14-17(21)3/h5-8,16-17,20H,4,9-15H2,1-3H3. The summed E-state index contributed by atoms with van der Waals surface area (Å²) in [5.74, 6) is 0.897. The molecule has 2 heteroatoms. The number of benzene rings is 1. The van der Waals surface area contributed by atoms with Gasteiger partial charge in [0.1, 0.15) is 0 Å². The van der Waals surface area contributed by atoms with Crippen LogP contribution < -0.4 is 5.32 Å². The molecule has 1 aromatic rings. The molecule has 2 unspecified atom stereocenters. The number of rotatable bonds is 7. The van der Waals surface area contributed by atoms with Crippen molar-refractivity contribution >= 4 is 0 Å². The molecule has 1 heterocycles. The van der Waals surface area contributed by atoms with Gasteiger partial charge in [-0.25, -0.2) is 0 Å². The van der Waals surface area contributed by atoms with E-state index >= 15 is 0 Å². The van der Waals surface area contributed by atoms with Crippen molar-refractivity contribution in [3.63, 3.8) is 0 Å². The van der Waals surface area contributed by atoms with Crippen LogP contribution in [0.4, 0.5) is 0 Å². The lowest BCUT2D eigenvalue weighted by Crippen LogP contribution is -2.39. The van der Waals surface area contributed by atoms with Gasteiger partial charge in [0.05, 0.1) is 0 Å². The summed E-state index contributed by atoms with van der Waals surface area (Å²) in [6, 6.07) is 9.98. The largest absolute Gasteiger partial charge is 0.316 e. The van der Waals surface area contributed by atoms with E-state index < -0.39 is 0 Å². The molecule has 0 aliphatic carbocycles. The lowest BCUT2D eigenvalue weighted by molar-refractivity contribution is 0.122. The van der Waals surface area contributed by atoms with Gasteiger partial charge < -0.3 is 5.32 Å². The summed E-state index contributed by atoms with van der Waals surface area (Å²) in [6.45, 7) is 11.6. The van der Waals surface area contributed by atoms with E-state index in [1.807, 2.05) is 0 Å². The predicted octanol–water partition coefficient (Wildman–Crippen LogP) is 3.85. The Balaban J connectivity index is 1.79. The van der Waals surface area contributed by atoms with Gasteiger partial charge in [0.2, 0.25) is 0 Å². The molecular weight excluding hydrogens is 256 g/mol. The quantitative estimate of drug-likeness (QED) is 0.767. The molecular formula is C19H32N2. The molecule has 2 rings (SSSR count). The van der Waals surface area contributed by atoms with Crippen LogP contribution in [0.1, 0.15) is 51.2 Å². The molecule has 0 spiro atoms. The van der Waals surface area contributed by atoms with Crippen LogP contribution in [0.15, 0.2) is 24.3 Å². The Morgan fingerprint density at radius 3 is 2.48 bits per heavy atom. The maximum absolute atomic E-state index is 3.47. The monoisotopic (exact) mass is 288 g/mol. The minimum Gasteiger partial charge on any atom is -0.316 e. The fourth-order valence-corrected chi connectivity index (χ4v) is 3.27. The van der Waals surface area contributed by atoms with Crippen LogP contribution in [-0.2, 0) is 13.0 Å². The summed E-state index contributed by atoms with van der Waals surface area (Å²) in [6.07, 6.45) is 5.05. The van der Waals surface area contributed by atoms with E-state index in [9.17, 15) is 0 Å². The van der Waals surface area contributed by atoms with E-state index in [1.165, 1.54) is 36.9 Å². The summed E-state index contributed by atoms with van der Waals surface area (Å²) in [5, 5.41) is 3.47. The van der Waals surface area contributed by atoms with Crippen LogP contribution in [0.5, 0.6) is 0 Å². The van der Waals surface area contributed by atoms with Crippen molar-refractivity contribution in [1.82, 2.24) is 10.2 Å². The first-order valence-corrected chi connectivity index (χ1v) is 8.71. The van der Waals surface area contributed by atoms with Crippen LogP contribution in [0.2, 0.25) is 0 Å². The van der Waals surface area contributed by atoms with E-state index in [0.717, 1.165) is 38.0 Å². The molecule has 1 N–H and O–H groups in total. The van der Waals surface area contributed by atoms with E-state index in [2.05, 4.69) is 55.3 Å². The molecule has 0 radical (unpaired) electrons. The highest BCUT2D eigenvalue weighted by Gasteiger charge is 2.22. The van der Waals surface area contributed by atoms with Gasteiger partial charge in [-0.2, -0.15) is 0 Å². The van der Waals surface area contributed by atoms with Gasteiger partial charge in [-0.05, 0) is 69.3 Å². The second-order valence-corrected chi connectivity index (χ2v) is 6.77. The molecule has 1 fully saturated rings. The zero-order chi connectivity index (χ0) is 15.1. The number of piperidine rings is 1. The second-order valence-electron chi connectivity index (χ2n) is 6.77. The molecule has 0 aromatic heterocycles. The Hall–Kier alpha value is -0.860. The number of nitrogens with one attached hydrogen (secondary N) is 1. The van der Waals surface area contributed by atoms with Gasteiger partial charge in [0.25, 0.3) is 0 Å². The number of hydrogen-bond donors (Lipinski definition) is 1. The third kappa shape index (κ3) is 5.44. The number of likely N-dealkylation sites (tertiary alicyclic amines) is 1. The fourth-order valence-electron chi connectivity index (χ4n) is 3.27. The van der Waals surface area contributed by atoms with Crippen molar-refractivity contribution < 1.29 is 0 Å². The van der Waals surface area contributed by atoms with E-state index in [0.29, 0.717) is 0 Å². The van der Waals surface area contributed by atoms with Crippen LogP contribution in [0.3, 0.4) is 0 Å². The Bertz CT molecular complexity index is 399. The molecule has 1 aromatic carbocycles. The van der Waals surface area contributed by atoms with Gasteiger partial charge in [0, 0.05) is 12.6 Å². The molecule has 118 valence electrons. The first-order chi connectivity index (χ1) is 10.2. The van der Waals surface area contributed by atoms with Crippen molar-refractivity contribution in [3.05, 3.63) is 35.4 Å². The smallest absolute Gasteiger partial charge is 0.0236 e. The lowest BCUT2D eigenvalue weighted by atomic mass is 9.93. The van der Waals surface area contributed by atoms with Crippen LogP contribution in [-0.4, -0.2) is 30.6 Å². The normalized spacial score (nSPS) is 23.4. The lowest BCUT2D eigenvalue weighted by Gasteiger charge is -2.36. The van der Waals surface area contributed by atoms with Crippen molar-refractivity contribution in [2.45, 2.75) is 59.0 Å². The Kier molecular flexibility index (Phi) is 6.72. The van der Waals surface area contributed by atoms with Crippen molar-refractivity contribution in [3.8, 4) is 0 Å². The molecule has 21 heavy (non-hydrogen) atoms. The Morgan fingerprint density at radius 2 is 1.81 bits per heavy atom. The van der Waals surface area contributed by atoms with Crippen LogP contribution >= 0.6 is 0 Å². The summed E-state index contributed by atoms with van der Waals surface area (Å²) < 4.78 is 0. The van der Waals surface area contributed by atoms with Crippen molar-refractivity contribution in [2.75, 3.05) is 19.6 Å². The third-order valence-electron chi connectivity index (χ3n) is 4.70. The van der Waals surface area contributed by atoms with E-state index in [4.69, 9.17) is 0 Å². The average molecular weight is 288 g/mol. The highest BCUT2D eigenvalue weighted by Crippen LogP contribution is 2.23. The average Bonchev–Trinajstić information content (AvgIpc) is 2.48. The molecule has 1 aliphatic heterocycles. The molecule has 0 bridgehead atoms. The van der Waals surface area contributed by atoms with Gasteiger partial charge >= 0.3 is 0 Å². The highest BCUT2D eigenvalue weighted by atomic mass is 15.2. The zero-order valence-electron chi connectivity index (χ0n) is 14.1. The molecule has 0 saturated carbocycles. The summed E-state index contributed by atoms with van der Waals surface area (Å²) in [5.41, 5.74) is 2.91. The first kappa shape index (κ1) is 16.5. The first-order valence-electron chi connectivity index (χ1n) is 8.71. The summed E-state index contributed by atoms with van der Waals surface area (Å²) in [4.78, 5) is 2.64. The SMILES string of the molecule is CCCNCCc1ccc(CN2CCC(C)CC2C)cc1. The number of hydrogen-bond acceptors (Lipinski definition) is 2. The second kappa shape index (κ2) is 8.55. The van der Waals surface area contributed by atoms with Crippen molar-refractivity contribution in [1.29, 1.82) is 0 Å². The third-order valence-corrected chi connectivity index (χ3v) is 4.70. The maximum atomic E-state index is 3.47. The maximum Gasteiger partial charge on any atom is 0.0236 e. The molecule has 0 amide bonds. The van der Waals surface area contributed by atoms with Crippen LogP contribution in [0.25, 0.3) is 0 Å². The van der Waals surface area contributed by atoms with Crippen molar-refractivity contribution in [2.24, 2.45) is 5.92 Å². The topological polar surface area (TPSA) is 15.3 Å². The van der Waals surface area contributed by atoms with Gasteiger partial charge in [-0.3, -0.25) is 4.90 Å².